The van der Waals surface area contributed by atoms with Crippen LogP contribution in [0.5, 0.6) is 0 Å². The van der Waals surface area contributed by atoms with Crippen molar-refractivity contribution in [2.75, 3.05) is 33.7 Å². The fourth-order valence-electron chi connectivity index (χ4n) is 2.51. The molecular formula is C13H29N3. The van der Waals surface area contributed by atoms with Gasteiger partial charge < -0.3 is 15.5 Å². The van der Waals surface area contributed by atoms with Crippen molar-refractivity contribution in [2.24, 2.45) is 5.73 Å². The second-order valence-electron chi connectivity index (χ2n) is 5.51. The fourth-order valence-corrected chi connectivity index (χ4v) is 2.51. The Morgan fingerprint density at radius 2 is 2.19 bits per heavy atom. The van der Waals surface area contributed by atoms with Gasteiger partial charge in [-0.15, -0.1) is 0 Å². The zero-order valence-corrected chi connectivity index (χ0v) is 11.3. The second kappa shape index (κ2) is 7.25. The summed E-state index contributed by atoms with van der Waals surface area (Å²) in [7, 11) is 4.50. The van der Waals surface area contributed by atoms with Crippen LogP contribution >= 0.6 is 0 Å². The number of likely N-dealkylation sites (tertiary alicyclic amines) is 1. The molecule has 0 aromatic rings. The van der Waals surface area contributed by atoms with Crippen LogP contribution in [0, 0.1) is 0 Å². The van der Waals surface area contributed by atoms with Crippen molar-refractivity contribution in [2.45, 2.75) is 51.1 Å². The monoisotopic (exact) mass is 227 g/mol. The molecule has 1 aliphatic heterocycles. The number of hydrogen-bond acceptors (Lipinski definition) is 3. The van der Waals surface area contributed by atoms with E-state index in [1.807, 2.05) is 0 Å². The zero-order valence-electron chi connectivity index (χ0n) is 11.3. The first-order valence-corrected chi connectivity index (χ1v) is 6.74. The quantitative estimate of drug-likeness (QED) is 0.670. The highest BCUT2D eigenvalue weighted by molar-refractivity contribution is 4.78. The maximum atomic E-state index is 5.74. The second-order valence-corrected chi connectivity index (χ2v) is 5.51. The SMILES string of the molecule is CC(N)CCCCN(C)CC1CCCN1C. The van der Waals surface area contributed by atoms with Crippen molar-refractivity contribution in [3.63, 3.8) is 0 Å². The molecule has 1 heterocycles. The van der Waals surface area contributed by atoms with Crippen LogP contribution < -0.4 is 5.73 Å². The van der Waals surface area contributed by atoms with Gasteiger partial charge in [-0.2, -0.15) is 0 Å². The molecule has 3 heteroatoms. The Morgan fingerprint density at radius 3 is 2.75 bits per heavy atom. The van der Waals surface area contributed by atoms with Crippen LogP contribution in [0.1, 0.15) is 39.0 Å². The molecule has 0 radical (unpaired) electrons. The minimum Gasteiger partial charge on any atom is -0.328 e. The molecule has 96 valence electrons. The highest BCUT2D eigenvalue weighted by Gasteiger charge is 2.21. The summed E-state index contributed by atoms with van der Waals surface area (Å²) >= 11 is 0. The van der Waals surface area contributed by atoms with Gasteiger partial charge in [0.25, 0.3) is 0 Å². The molecule has 1 aliphatic rings. The van der Waals surface area contributed by atoms with Crippen LogP contribution in [0.4, 0.5) is 0 Å². The van der Waals surface area contributed by atoms with Gasteiger partial charge in [-0.3, -0.25) is 0 Å². The van der Waals surface area contributed by atoms with Gasteiger partial charge in [-0.05, 0) is 59.8 Å². The van der Waals surface area contributed by atoms with Gasteiger partial charge in [0.15, 0.2) is 0 Å². The lowest BCUT2D eigenvalue weighted by molar-refractivity contribution is 0.217. The summed E-state index contributed by atoms with van der Waals surface area (Å²) in [6.07, 6.45) is 6.47. The minimum atomic E-state index is 0.367. The van der Waals surface area contributed by atoms with E-state index in [1.165, 1.54) is 45.3 Å². The summed E-state index contributed by atoms with van der Waals surface area (Å²) in [5.74, 6) is 0. The summed E-state index contributed by atoms with van der Waals surface area (Å²) in [5.41, 5.74) is 5.74. The van der Waals surface area contributed by atoms with E-state index in [4.69, 9.17) is 5.73 Å². The number of rotatable bonds is 7. The molecule has 16 heavy (non-hydrogen) atoms. The van der Waals surface area contributed by atoms with E-state index >= 15 is 0 Å². The van der Waals surface area contributed by atoms with Crippen LogP contribution in [0.15, 0.2) is 0 Å². The maximum absolute atomic E-state index is 5.74. The number of unbranched alkanes of at least 4 members (excludes halogenated alkanes) is 1. The number of nitrogens with two attached hydrogens (primary N) is 1. The van der Waals surface area contributed by atoms with Crippen LogP contribution in [0.2, 0.25) is 0 Å². The summed E-state index contributed by atoms with van der Waals surface area (Å²) in [4.78, 5) is 4.98. The number of nitrogens with zero attached hydrogens (tertiary/aromatic N) is 2. The smallest absolute Gasteiger partial charge is 0.0220 e. The first-order valence-electron chi connectivity index (χ1n) is 6.74. The van der Waals surface area contributed by atoms with Crippen LogP contribution in [0.25, 0.3) is 0 Å². The van der Waals surface area contributed by atoms with E-state index in [0.717, 1.165) is 12.5 Å². The average molecular weight is 227 g/mol. The number of hydrogen-bond donors (Lipinski definition) is 1. The van der Waals surface area contributed by atoms with Gasteiger partial charge in [0, 0.05) is 18.6 Å². The Morgan fingerprint density at radius 1 is 1.44 bits per heavy atom. The molecule has 3 nitrogen and oxygen atoms in total. The van der Waals surface area contributed by atoms with Gasteiger partial charge in [0.1, 0.15) is 0 Å². The first kappa shape index (κ1) is 13.9. The van der Waals surface area contributed by atoms with Crippen LogP contribution in [0.3, 0.4) is 0 Å². The summed E-state index contributed by atoms with van der Waals surface area (Å²) in [6, 6.07) is 1.16. The van der Waals surface area contributed by atoms with Crippen molar-refractivity contribution < 1.29 is 0 Å². The first-order chi connectivity index (χ1) is 7.59. The van der Waals surface area contributed by atoms with Crippen molar-refractivity contribution in [1.82, 2.24) is 9.80 Å². The molecule has 0 amide bonds. The van der Waals surface area contributed by atoms with E-state index in [0.29, 0.717) is 6.04 Å². The van der Waals surface area contributed by atoms with E-state index < -0.39 is 0 Å². The lowest BCUT2D eigenvalue weighted by atomic mass is 10.1. The van der Waals surface area contributed by atoms with Gasteiger partial charge in [0.05, 0.1) is 0 Å². The molecule has 0 aromatic heterocycles. The Labute approximate surface area is 101 Å². The van der Waals surface area contributed by atoms with E-state index in [-0.39, 0.29) is 0 Å². The molecule has 0 bridgehead atoms. The topological polar surface area (TPSA) is 32.5 Å². The molecule has 0 spiro atoms. The van der Waals surface area contributed by atoms with Gasteiger partial charge in [-0.25, -0.2) is 0 Å². The third kappa shape index (κ3) is 5.28. The van der Waals surface area contributed by atoms with Crippen LogP contribution in [-0.4, -0.2) is 55.6 Å². The van der Waals surface area contributed by atoms with Crippen LogP contribution in [-0.2, 0) is 0 Å². The highest BCUT2D eigenvalue weighted by atomic mass is 15.2. The number of likely N-dealkylation sites (N-methyl/N-ethyl adjacent to an activating group) is 2. The summed E-state index contributed by atoms with van der Waals surface area (Å²) in [5, 5.41) is 0. The molecule has 1 saturated heterocycles. The van der Waals surface area contributed by atoms with Crippen molar-refractivity contribution >= 4 is 0 Å². The lowest BCUT2D eigenvalue weighted by Crippen LogP contribution is -2.37. The van der Waals surface area contributed by atoms with Gasteiger partial charge >= 0.3 is 0 Å². The fraction of sp³-hybridized carbons (Fsp3) is 1.00. The van der Waals surface area contributed by atoms with Gasteiger partial charge in [0.2, 0.25) is 0 Å². The molecule has 2 N–H and O–H groups in total. The molecule has 0 aromatic carbocycles. The molecule has 2 unspecified atom stereocenters. The molecule has 0 aliphatic carbocycles. The van der Waals surface area contributed by atoms with Crippen molar-refractivity contribution in [3.05, 3.63) is 0 Å². The van der Waals surface area contributed by atoms with Crippen molar-refractivity contribution in [3.8, 4) is 0 Å². The van der Waals surface area contributed by atoms with E-state index in [9.17, 15) is 0 Å². The Hall–Kier alpha value is -0.120. The zero-order chi connectivity index (χ0) is 12.0. The highest BCUT2D eigenvalue weighted by Crippen LogP contribution is 2.15. The molecule has 1 rings (SSSR count). The predicted molar refractivity (Wildman–Crippen MR) is 70.6 cm³/mol. The largest absolute Gasteiger partial charge is 0.328 e. The third-order valence-electron chi connectivity index (χ3n) is 3.64. The summed E-state index contributed by atoms with van der Waals surface area (Å²) < 4.78 is 0. The van der Waals surface area contributed by atoms with E-state index in [1.54, 1.807) is 0 Å². The average Bonchev–Trinajstić information content (AvgIpc) is 2.59. The van der Waals surface area contributed by atoms with Crippen molar-refractivity contribution in [1.29, 1.82) is 0 Å². The van der Waals surface area contributed by atoms with Gasteiger partial charge in [-0.1, -0.05) is 6.42 Å². The minimum absolute atomic E-state index is 0.367. The normalized spacial score (nSPS) is 24.2. The Bertz CT molecular complexity index is 182. The predicted octanol–water partition coefficient (Wildman–Crippen LogP) is 1.53. The third-order valence-corrected chi connectivity index (χ3v) is 3.64. The Balaban J connectivity index is 2.04. The maximum Gasteiger partial charge on any atom is 0.0220 e. The Kier molecular flexibility index (Phi) is 6.32. The molecule has 0 saturated carbocycles. The molecular weight excluding hydrogens is 198 g/mol. The summed E-state index contributed by atoms with van der Waals surface area (Å²) in [6.45, 7) is 5.83. The molecule has 2 atom stereocenters. The lowest BCUT2D eigenvalue weighted by Gasteiger charge is -2.25. The molecule has 1 fully saturated rings. The standard InChI is InChI=1S/C13H29N3/c1-12(14)7-4-5-9-15(2)11-13-8-6-10-16(13)3/h12-13H,4-11,14H2,1-3H3. The van der Waals surface area contributed by atoms with E-state index in [2.05, 4.69) is 30.8 Å².